The summed E-state index contributed by atoms with van der Waals surface area (Å²) in [7, 11) is 0. The minimum atomic E-state index is -0.980. The van der Waals surface area contributed by atoms with Gasteiger partial charge in [-0.15, -0.1) is 0 Å². The molecule has 0 saturated carbocycles. The number of hydrogen-bond acceptors (Lipinski definition) is 6. The summed E-state index contributed by atoms with van der Waals surface area (Å²) in [4.78, 5) is 40.0. The largest absolute Gasteiger partial charge is 0.490 e. The molecule has 0 saturated heterocycles. The van der Waals surface area contributed by atoms with Crippen LogP contribution in [0.3, 0.4) is 0 Å². The second-order valence-electron chi connectivity index (χ2n) is 8.80. The number of aliphatic carboxylic acids is 1. The first-order chi connectivity index (χ1) is 16.4. The maximum absolute atomic E-state index is 13.3. The first-order valence-corrected chi connectivity index (χ1v) is 12.8. The van der Waals surface area contributed by atoms with Gasteiger partial charge in [0.05, 0.1) is 17.7 Å². The number of ketones is 2. The molecule has 1 N–H and O–H groups in total. The van der Waals surface area contributed by atoms with Crippen molar-refractivity contribution in [2.45, 2.75) is 64.7 Å². The maximum Gasteiger partial charge on any atom is 0.323 e. The summed E-state index contributed by atoms with van der Waals surface area (Å²) in [6.07, 6.45) is 4.22. The van der Waals surface area contributed by atoms with E-state index < -0.39 is 11.9 Å². The van der Waals surface area contributed by atoms with Gasteiger partial charge in [0.1, 0.15) is 6.54 Å². The van der Waals surface area contributed by atoms with Crippen LogP contribution < -0.4 is 9.47 Å². The molecule has 0 amide bonds. The molecule has 7 nitrogen and oxygen atoms in total. The highest BCUT2D eigenvalue weighted by atomic mass is 79.9. The molecule has 34 heavy (non-hydrogen) atoms. The summed E-state index contributed by atoms with van der Waals surface area (Å²) in [5, 5.41) is 9.60. The Kier molecular flexibility index (Phi) is 7.45. The Bertz CT molecular complexity index is 1050. The van der Waals surface area contributed by atoms with Crippen LogP contribution in [0.1, 0.15) is 70.3 Å². The van der Waals surface area contributed by atoms with Gasteiger partial charge in [-0.1, -0.05) is 6.92 Å². The number of carboxylic acids is 1. The molecule has 0 atom stereocenters. The molecule has 3 aliphatic rings. The van der Waals surface area contributed by atoms with Crippen LogP contribution in [0.5, 0.6) is 11.5 Å². The summed E-state index contributed by atoms with van der Waals surface area (Å²) < 4.78 is 12.5. The fourth-order valence-corrected chi connectivity index (χ4v) is 5.81. The molecule has 4 rings (SSSR count). The molecule has 0 bridgehead atoms. The third-order valence-electron chi connectivity index (χ3n) is 6.50. The van der Waals surface area contributed by atoms with E-state index in [9.17, 15) is 19.5 Å². The van der Waals surface area contributed by atoms with Crippen LogP contribution in [0.15, 0.2) is 39.1 Å². The van der Waals surface area contributed by atoms with Crippen LogP contribution in [0, 0.1) is 0 Å². The van der Waals surface area contributed by atoms with Crippen molar-refractivity contribution in [3.63, 3.8) is 0 Å². The lowest BCUT2D eigenvalue weighted by molar-refractivity contribution is -0.138. The average Bonchev–Trinajstić information content (AvgIpc) is 2.79. The lowest BCUT2D eigenvalue weighted by Crippen LogP contribution is -2.41. The van der Waals surface area contributed by atoms with Crippen molar-refractivity contribution in [1.82, 2.24) is 4.90 Å². The molecule has 1 aromatic rings. The molecule has 0 unspecified atom stereocenters. The molecule has 8 heteroatoms. The van der Waals surface area contributed by atoms with Crippen molar-refractivity contribution in [2.75, 3.05) is 19.8 Å². The van der Waals surface area contributed by atoms with E-state index in [4.69, 9.17) is 9.47 Å². The third kappa shape index (κ3) is 4.52. The molecule has 0 fully saturated rings. The molecular weight excluding hydrogens is 502 g/mol. The smallest absolute Gasteiger partial charge is 0.323 e. The van der Waals surface area contributed by atoms with E-state index >= 15 is 0 Å². The number of ether oxygens (including phenoxy) is 2. The fraction of sp³-hybridized carbons (Fsp3) is 0.500. The molecule has 0 aromatic heterocycles. The van der Waals surface area contributed by atoms with Gasteiger partial charge in [0.25, 0.3) is 0 Å². The average molecular weight is 532 g/mol. The highest BCUT2D eigenvalue weighted by Crippen LogP contribution is 2.51. The van der Waals surface area contributed by atoms with Crippen molar-refractivity contribution in [1.29, 1.82) is 0 Å². The van der Waals surface area contributed by atoms with Crippen LogP contribution in [0.2, 0.25) is 0 Å². The number of halogens is 1. The molecule has 2 aliphatic carbocycles. The number of carboxylic acid groups (broad SMARTS) is 1. The minimum absolute atomic E-state index is 0.0213. The Morgan fingerprint density at radius 3 is 2.18 bits per heavy atom. The van der Waals surface area contributed by atoms with Crippen LogP contribution in [-0.2, 0) is 14.4 Å². The van der Waals surface area contributed by atoms with E-state index in [1.807, 2.05) is 26.0 Å². The van der Waals surface area contributed by atoms with Crippen molar-refractivity contribution < 1.29 is 29.0 Å². The Morgan fingerprint density at radius 1 is 1.03 bits per heavy atom. The number of carbonyl (C=O) groups is 3. The second kappa shape index (κ2) is 10.3. The van der Waals surface area contributed by atoms with Crippen molar-refractivity contribution in [2.24, 2.45) is 0 Å². The summed E-state index contributed by atoms with van der Waals surface area (Å²) in [6.45, 7) is 4.65. The standard InChI is InChI=1S/C26H30BrNO6/c1-3-11-34-26-16(27)12-15(13-21(26)33-4-2)23-24-17(7-5-9-19(24)29)28(14-22(31)32)18-8-6-10-20(30)25(18)23/h12-13,23H,3-11,14H2,1-2H3,(H,31,32). The fourth-order valence-electron chi connectivity index (χ4n) is 5.24. The van der Waals surface area contributed by atoms with E-state index in [-0.39, 0.29) is 18.1 Å². The van der Waals surface area contributed by atoms with Gasteiger partial charge in [0, 0.05) is 41.3 Å². The highest BCUT2D eigenvalue weighted by Gasteiger charge is 2.44. The third-order valence-corrected chi connectivity index (χ3v) is 7.08. The van der Waals surface area contributed by atoms with Gasteiger partial charge in [0.2, 0.25) is 0 Å². The van der Waals surface area contributed by atoms with Crippen molar-refractivity contribution >= 4 is 33.5 Å². The Morgan fingerprint density at radius 2 is 1.65 bits per heavy atom. The highest BCUT2D eigenvalue weighted by molar-refractivity contribution is 9.10. The van der Waals surface area contributed by atoms with Crippen molar-refractivity contribution in [3.8, 4) is 11.5 Å². The van der Waals surface area contributed by atoms with Crippen LogP contribution in [0.4, 0.5) is 0 Å². The monoisotopic (exact) mass is 531 g/mol. The first-order valence-electron chi connectivity index (χ1n) is 12.0. The Hall–Kier alpha value is -2.61. The van der Waals surface area contributed by atoms with Crippen molar-refractivity contribution in [3.05, 3.63) is 44.7 Å². The molecule has 0 spiro atoms. The van der Waals surface area contributed by atoms with Gasteiger partial charge in [-0.2, -0.15) is 0 Å². The minimum Gasteiger partial charge on any atom is -0.490 e. The number of Topliss-reactive ketones (excluding diaryl/α,β-unsaturated/α-hetero) is 2. The number of allylic oxidation sites excluding steroid dienone is 4. The first kappa shape index (κ1) is 24.5. The van der Waals surface area contributed by atoms with E-state index in [2.05, 4.69) is 15.9 Å². The number of rotatable bonds is 8. The zero-order valence-corrected chi connectivity index (χ0v) is 21.2. The van der Waals surface area contributed by atoms with Crippen LogP contribution >= 0.6 is 15.9 Å². The maximum atomic E-state index is 13.3. The van der Waals surface area contributed by atoms with Gasteiger partial charge in [-0.25, -0.2) is 0 Å². The molecule has 1 aliphatic heterocycles. The summed E-state index contributed by atoms with van der Waals surface area (Å²) >= 11 is 3.62. The lowest BCUT2D eigenvalue weighted by atomic mass is 9.71. The van der Waals surface area contributed by atoms with Gasteiger partial charge >= 0.3 is 5.97 Å². The lowest BCUT2D eigenvalue weighted by Gasteiger charge is -2.43. The molecule has 0 radical (unpaired) electrons. The van der Waals surface area contributed by atoms with E-state index in [1.54, 1.807) is 4.90 Å². The summed E-state index contributed by atoms with van der Waals surface area (Å²) in [5.41, 5.74) is 3.38. The normalized spacial score (nSPS) is 18.7. The van der Waals surface area contributed by atoms with Gasteiger partial charge in [-0.3, -0.25) is 14.4 Å². The van der Waals surface area contributed by atoms with Gasteiger partial charge < -0.3 is 19.5 Å². The number of hydrogen-bond donors (Lipinski definition) is 1. The number of nitrogens with zero attached hydrogens (tertiary/aromatic N) is 1. The van der Waals surface area contributed by atoms with E-state index in [0.717, 1.165) is 23.4 Å². The topological polar surface area (TPSA) is 93.1 Å². The Labute approximate surface area is 207 Å². The zero-order chi connectivity index (χ0) is 24.4. The Balaban J connectivity index is 1.93. The molecule has 1 aromatic carbocycles. The van der Waals surface area contributed by atoms with E-state index in [0.29, 0.717) is 78.9 Å². The molecular formula is C26H30BrNO6. The molecule has 182 valence electrons. The van der Waals surface area contributed by atoms with Crippen LogP contribution in [0.25, 0.3) is 0 Å². The quantitative estimate of drug-likeness (QED) is 0.496. The molecule has 1 heterocycles. The van der Waals surface area contributed by atoms with Gasteiger partial charge in [0.15, 0.2) is 23.1 Å². The van der Waals surface area contributed by atoms with Gasteiger partial charge in [-0.05, 0) is 72.7 Å². The van der Waals surface area contributed by atoms with Crippen LogP contribution in [-0.4, -0.2) is 47.3 Å². The zero-order valence-electron chi connectivity index (χ0n) is 19.6. The predicted molar refractivity (Wildman–Crippen MR) is 130 cm³/mol. The summed E-state index contributed by atoms with van der Waals surface area (Å²) in [6, 6.07) is 3.78. The predicted octanol–water partition coefficient (Wildman–Crippen LogP) is 5.13. The number of benzene rings is 1. The summed E-state index contributed by atoms with van der Waals surface area (Å²) in [5.74, 6) is -0.398. The van der Waals surface area contributed by atoms with E-state index in [1.165, 1.54) is 0 Å². The number of carbonyl (C=O) groups excluding carboxylic acids is 2. The second-order valence-corrected chi connectivity index (χ2v) is 9.65. The SMILES string of the molecule is CCCOc1c(Br)cc(C2C3=C(CCCC3=O)N(CC(=O)O)C3=C2C(=O)CCC3)cc1OCC.